The minimum Gasteiger partial charge on any atom is -0.494 e. The predicted molar refractivity (Wildman–Crippen MR) is 102 cm³/mol. The van der Waals surface area contributed by atoms with Crippen LogP contribution in [0, 0.1) is 5.82 Å². The first kappa shape index (κ1) is 18.5. The molecule has 4 rings (SSSR count). The maximum Gasteiger partial charge on any atom is 0.336 e. The predicted octanol–water partition coefficient (Wildman–Crippen LogP) is 4.21. The molecule has 7 heteroatoms. The summed E-state index contributed by atoms with van der Waals surface area (Å²) in [7, 11) is 0. The summed E-state index contributed by atoms with van der Waals surface area (Å²) in [4.78, 5) is 27.0. The minimum absolute atomic E-state index is 0.0256. The van der Waals surface area contributed by atoms with Crippen molar-refractivity contribution in [2.24, 2.45) is 0 Å². The molecule has 2 aromatic carbocycles. The van der Waals surface area contributed by atoms with Crippen LogP contribution in [0.2, 0.25) is 5.02 Å². The molecule has 0 aromatic heterocycles. The van der Waals surface area contributed by atoms with Crippen molar-refractivity contribution in [1.82, 2.24) is 0 Å². The number of amides is 1. The molecule has 1 amide bonds. The van der Waals surface area contributed by atoms with Gasteiger partial charge in [0.1, 0.15) is 18.2 Å². The van der Waals surface area contributed by atoms with Gasteiger partial charge in [-0.1, -0.05) is 29.8 Å². The van der Waals surface area contributed by atoms with Gasteiger partial charge >= 0.3 is 5.97 Å². The van der Waals surface area contributed by atoms with Crippen LogP contribution in [-0.2, 0) is 14.3 Å². The van der Waals surface area contributed by atoms with Crippen LogP contribution in [0.4, 0.5) is 10.1 Å². The highest BCUT2D eigenvalue weighted by Crippen LogP contribution is 2.44. The Balaban J connectivity index is 1.83. The van der Waals surface area contributed by atoms with Crippen molar-refractivity contribution in [3.63, 3.8) is 0 Å². The molecular formula is C21H17ClFNO4. The van der Waals surface area contributed by atoms with Crippen LogP contribution in [0.5, 0.6) is 5.75 Å². The second kappa shape index (κ2) is 7.28. The zero-order chi connectivity index (χ0) is 19.8. The molecule has 0 radical (unpaired) electrons. The fourth-order valence-electron chi connectivity index (χ4n) is 3.70. The van der Waals surface area contributed by atoms with Gasteiger partial charge < -0.3 is 9.47 Å². The number of esters is 1. The van der Waals surface area contributed by atoms with E-state index in [0.29, 0.717) is 29.3 Å². The third kappa shape index (κ3) is 3.03. The van der Waals surface area contributed by atoms with Crippen molar-refractivity contribution in [1.29, 1.82) is 0 Å². The van der Waals surface area contributed by atoms with E-state index in [-0.39, 0.29) is 24.0 Å². The molecule has 2 aromatic rings. The Labute approximate surface area is 166 Å². The van der Waals surface area contributed by atoms with Gasteiger partial charge in [0.25, 0.3) is 0 Å². The average molecular weight is 402 g/mol. The number of anilines is 1. The molecule has 0 saturated carbocycles. The summed E-state index contributed by atoms with van der Waals surface area (Å²) in [6.45, 7) is 2.31. The van der Waals surface area contributed by atoms with Crippen LogP contribution in [0.15, 0.2) is 53.7 Å². The van der Waals surface area contributed by atoms with Crippen LogP contribution < -0.4 is 9.64 Å². The Morgan fingerprint density at radius 3 is 2.79 bits per heavy atom. The normalized spacial score (nSPS) is 19.0. The number of benzene rings is 2. The highest BCUT2D eigenvalue weighted by atomic mass is 35.5. The second-order valence-corrected chi connectivity index (χ2v) is 6.90. The molecule has 0 fully saturated rings. The number of hydrogen-bond acceptors (Lipinski definition) is 4. The average Bonchev–Trinajstić information content (AvgIpc) is 3.06. The number of nitrogens with zero attached hydrogens (tertiary/aromatic N) is 1. The van der Waals surface area contributed by atoms with E-state index in [9.17, 15) is 14.0 Å². The zero-order valence-corrected chi connectivity index (χ0v) is 15.8. The summed E-state index contributed by atoms with van der Waals surface area (Å²) < 4.78 is 24.5. The lowest BCUT2D eigenvalue weighted by atomic mass is 9.83. The van der Waals surface area contributed by atoms with Crippen molar-refractivity contribution in [3.8, 4) is 5.75 Å². The van der Waals surface area contributed by atoms with Crippen molar-refractivity contribution >= 4 is 29.2 Å². The lowest BCUT2D eigenvalue weighted by Gasteiger charge is -2.32. The Morgan fingerprint density at radius 2 is 2.04 bits per heavy atom. The van der Waals surface area contributed by atoms with Gasteiger partial charge in [-0.25, -0.2) is 9.18 Å². The Kier molecular flexibility index (Phi) is 4.81. The molecule has 0 unspecified atom stereocenters. The van der Waals surface area contributed by atoms with E-state index in [1.54, 1.807) is 0 Å². The Hall–Kier alpha value is -2.86. The molecular weight excluding hydrogens is 385 g/mol. The first-order chi connectivity index (χ1) is 13.5. The second-order valence-electron chi connectivity index (χ2n) is 6.49. The third-order valence-electron chi connectivity index (χ3n) is 4.87. The van der Waals surface area contributed by atoms with Crippen LogP contribution in [-0.4, -0.2) is 25.1 Å². The molecule has 5 nitrogen and oxygen atoms in total. The summed E-state index contributed by atoms with van der Waals surface area (Å²) in [6, 6.07) is 11.4. The van der Waals surface area contributed by atoms with Crippen molar-refractivity contribution in [3.05, 3.63) is 70.1 Å². The van der Waals surface area contributed by atoms with E-state index in [2.05, 4.69) is 0 Å². The van der Waals surface area contributed by atoms with E-state index in [4.69, 9.17) is 21.1 Å². The number of para-hydroxylation sites is 1. The van der Waals surface area contributed by atoms with Gasteiger partial charge in [-0.3, -0.25) is 9.69 Å². The minimum atomic E-state index is -0.577. The molecule has 0 aliphatic carbocycles. The maximum absolute atomic E-state index is 13.6. The lowest BCUT2D eigenvalue weighted by molar-refractivity contribution is -0.136. The standard InChI is InChI=1S/C21H17ClFNO4/c1-2-27-18-6-4-3-5-13(18)14-10-19(25)24(17-11-28-21(26)20(14)17)12-7-8-16(23)15(22)9-12/h3-9,14H,2,10-11H2,1H3/t14-/m1/s1. The van der Waals surface area contributed by atoms with Gasteiger partial charge in [0.05, 0.1) is 28.6 Å². The summed E-state index contributed by atoms with van der Waals surface area (Å²) in [6.07, 6.45) is 0.0625. The number of carbonyl (C=O) groups is 2. The number of carbonyl (C=O) groups excluding carboxylic acids is 2. The van der Waals surface area contributed by atoms with E-state index < -0.39 is 17.7 Å². The van der Waals surface area contributed by atoms with Gasteiger partial charge in [0.15, 0.2) is 0 Å². The van der Waals surface area contributed by atoms with Crippen molar-refractivity contribution < 1.29 is 23.5 Å². The molecule has 1 atom stereocenters. The highest BCUT2D eigenvalue weighted by Gasteiger charge is 2.43. The molecule has 28 heavy (non-hydrogen) atoms. The van der Waals surface area contributed by atoms with Crippen LogP contribution in [0.25, 0.3) is 0 Å². The monoisotopic (exact) mass is 401 g/mol. The Bertz CT molecular complexity index is 1000. The van der Waals surface area contributed by atoms with Gasteiger partial charge in [0, 0.05) is 17.9 Å². The largest absolute Gasteiger partial charge is 0.494 e. The quantitative estimate of drug-likeness (QED) is 0.720. The third-order valence-corrected chi connectivity index (χ3v) is 5.16. The summed E-state index contributed by atoms with van der Waals surface area (Å²) in [5.74, 6) is -1.10. The number of halogens is 2. The SMILES string of the molecule is CCOc1ccccc1[C@H]1CC(=O)N(c2ccc(F)c(Cl)c2)C2=C1C(=O)OC2. The van der Waals surface area contributed by atoms with Crippen molar-refractivity contribution in [2.45, 2.75) is 19.3 Å². The summed E-state index contributed by atoms with van der Waals surface area (Å²) in [5.41, 5.74) is 2.05. The van der Waals surface area contributed by atoms with Gasteiger partial charge in [-0.15, -0.1) is 0 Å². The molecule has 2 aliphatic rings. The van der Waals surface area contributed by atoms with E-state index >= 15 is 0 Å². The summed E-state index contributed by atoms with van der Waals surface area (Å²) >= 11 is 5.89. The topological polar surface area (TPSA) is 55.8 Å². The van der Waals surface area contributed by atoms with Gasteiger partial charge in [-0.2, -0.15) is 0 Å². The van der Waals surface area contributed by atoms with Crippen LogP contribution in [0.1, 0.15) is 24.8 Å². The van der Waals surface area contributed by atoms with Gasteiger partial charge in [0.2, 0.25) is 5.91 Å². The highest BCUT2D eigenvalue weighted by molar-refractivity contribution is 6.31. The molecule has 0 N–H and O–H groups in total. The molecule has 0 bridgehead atoms. The van der Waals surface area contributed by atoms with Crippen molar-refractivity contribution in [2.75, 3.05) is 18.1 Å². The van der Waals surface area contributed by atoms with Gasteiger partial charge in [-0.05, 0) is 31.2 Å². The van der Waals surface area contributed by atoms with Crippen LogP contribution >= 0.6 is 11.6 Å². The lowest BCUT2D eigenvalue weighted by Crippen LogP contribution is -2.37. The summed E-state index contributed by atoms with van der Waals surface area (Å²) in [5, 5.41) is -0.0958. The maximum atomic E-state index is 13.6. The molecule has 144 valence electrons. The van der Waals surface area contributed by atoms with E-state index in [1.165, 1.54) is 23.1 Å². The molecule has 2 heterocycles. The first-order valence-corrected chi connectivity index (χ1v) is 9.29. The smallest absolute Gasteiger partial charge is 0.336 e. The molecule has 0 spiro atoms. The number of hydrogen-bond donors (Lipinski definition) is 0. The van der Waals surface area contributed by atoms with E-state index in [1.807, 2.05) is 31.2 Å². The number of cyclic esters (lactones) is 1. The fraction of sp³-hybridized carbons (Fsp3) is 0.238. The first-order valence-electron chi connectivity index (χ1n) is 8.91. The zero-order valence-electron chi connectivity index (χ0n) is 15.1. The Morgan fingerprint density at radius 1 is 1.25 bits per heavy atom. The molecule has 0 saturated heterocycles. The number of ether oxygens (including phenoxy) is 2. The van der Waals surface area contributed by atoms with E-state index in [0.717, 1.165) is 5.56 Å². The molecule has 2 aliphatic heterocycles. The number of rotatable bonds is 4. The van der Waals surface area contributed by atoms with Crippen LogP contribution in [0.3, 0.4) is 0 Å². The fourth-order valence-corrected chi connectivity index (χ4v) is 3.87.